The zero-order valence-corrected chi connectivity index (χ0v) is 21.6. The van der Waals surface area contributed by atoms with Gasteiger partial charge in [0.05, 0.1) is 0 Å². The molecule has 5 rings (SSSR count). The van der Waals surface area contributed by atoms with Crippen LogP contribution in [0.4, 0.5) is 13.2 Å². The first-order chi connectivity index (χ1) is 16.9. The van der Waals surface area contributed by atoms with E-state index in [1.165, 1.54) is 11.6 Å². The van der Waals surface area contributed by atoms with E-state index in [0.29, 0.717) is 11.3 Å². The quantitative estimate of drug-likeness (QED) is 0.183. The molecule has 2 heterocycles. The minimum absolute atomic E-state index is 0. The monoisotopic (exact) mass is 659 g/mol. The van der Waals surface area contributed by atoms with Crippen molar-refractivity contribution in [1.82, 2.24) is 9.97 Å². The molecular formula is C30H21F3IrN2-2. The van der Waals surface area contributed by atoms with E-state index in [4.69, 9.17) is 0 Å². The molecule has 0 spiro atoms. The Labute approximate surface area is 222 Å². The molecule has 2 nitrogen and oxygen atoms in total. The third-order valence-corrected chi connectivity index (χ3v) is 5.18. The van der Waals surface area contributed by atoms with Crippen molar-refractivity contribution in [2.75, 3.05) is 0 Å². The number of halogens is 3. The Morgan fingerprint density at radius 2 is 1.31 bits per heavy atom. The molecule has 6 heteroatoms. The molecule has 36 heavy (non-hydrogen) atoms. The Morgan fingerprint density at radius 3 is 1.83 bits per heavy atom. The van der Waals surface area contributed by atoms with Crippen molar-refractivity contribution in [3.63, 3.8) is 0 Å². The predicted octanol–water partition coefficient (Wildman–Crippen LogP) is 8.09. The van der Waals surface area contributed by atoms with E-state index in [2.05, 4.69) is 40.3 Å². The van der Waals surface area contributed by atoms with Gasteiger partial charge in [0.1, 0.15) is 0 Å². The Balaban J connectivity index is 0.000000196. The van der Waals surface area contributed by atoms with Gasteiger partial charge in [-0.25, -0.2) is 0 Å². The van der Waals surface area contributed by atoms with Crippen LogP contribution in [0, 0.1) is 19.1 Å². The van der Waals surface area contributed by atoms with Gasteiger partial charge >= 0.3 is 6.18 Å². The van der Waals surface area contributed by atoms with Crippen LogP contribution in [0.25, 0.3) is 33.6 Å². The van der Waals surface area contributed by atoms with Crippen LogP contribution in [-0.2, 0) is 26.3 Å². The van der Waals surface area contributed by atoms with Crippen molar-refractivity contribution in [1.29, 1.82) is 0 Å². The number of aromatic nitrogens is 2. The number of nitrogens with zero attached hydrogens (tertiary/aromatic N) is 2. The summed E-state index contributed by atoms with van der Waals surface area (Å²) in [6, 6.07) is 35.0. The van der Waals surface area contributed by atoms with Crippen LogP contribution < -0.4 is 0 Å². The second kappa shape index (κ2) is 12.4. The van der Waals surface area contributed by atoms with Gasteiger partial charge in [-0.15, -0.1) is 65.7 Å². The Bertz CT molecular complexity index is 1280. The summed E-state index contributed by atoms with van der Waals surface area (Å²) in [4.78, 5) is 8.62. The third kappa shape index (κ3) is 7.20. The summed E-state index contributed by atoms with van der Waals surface area (Å²) in [7, 11) is 0. The molecule has 0 bridgehead atoms. The third-order valence-electron chi connectivity index (χ3n) is 5.18. The molecule has 0 amide bonds. The summed E-state index contributed by atoms with van der Waals surface area (Å²) < 4.78 is 37.0. The SMILES string of the molecule is Cc1ccc(-c2[c-]cc(C(F)(F)F)cc2)nc1.[Ir].[c-]1ccccc1-c1ccc(-c2ccccc2)cn1. The number of aryl methyl sites for hydroxylation is 1. The molecule has 0 unspecified atom stereocenters. The van der Waals surface area contributed by atoms with E-state index < -0.39 is 11.7 Å². The van der Waals surface area contributed by atoms with Gasteiger partial charge in [-0.2, -0.15) is 13.2 Å². The maximum Gasteiger partial charge on any atom is 0.381 e. The van der Waals surface area contributed by atoms with Gasteiger partial charge in [0.25, 0.3) is 0 Å². The van der Waals surface area contributed by atoms with E-state index in [-0.39, 0.29) is 20.1 Å². The minimum Gasteiger partial charge on any atom is -0.304 e. The van der Waals surface area contributed by atoms with Crippen molar-refractivity contribution >= 4 is 0 Å². The van der Waals surface area contributed by atoms with Crippen LogP contribution in [0.3, 0.4) is 0 Å². The zero-order chi connectivity index (χ0) is 24.7. The average Bonchev–Trinajstić information content (AvgIpc) is 2.90. The number of hydrogen-bond acceptors (Lipinski definition) is 2. The van der Waals surface area contributed by atoms with Gasteiger partial charge < -0.3 is 9.97 Å². The van der Waals surface area contributed by atoms with E-state index in [0.717, 1.165) is 34.5 Å². The van der Waals surface area contributed by atoms with E-state index in [1.807, 2.05) is 67.7 Å². The van der Waals surface area contributed by atoms with E-state index in [1.54, 1.807) is 12.3 Å². The molecule has 0 aliphatic heterocycles. The first-order valence-electron chi connectivity index (χ1n) is 10.9. The molecule has 183 valence electrons. The van der Waals surface area contributed by atoms with Crippen molar-refractivity contribution in [2.24, 2.45) is 0 Å². The molecule has 0 N–H and O–H groups in total. The van der Waals surface area contributed by atoms with Gasteiger partial charge in [-0.05, 0) is 40.6 Å². The van der Waals surface area contributed by atoms with Gasteiger partial charge in [0.15, 0.2) is 0 Å². The number of alkyl halides is 3. The molecule has 1 radical (unpaired) electrons. The molecule has 0 saturated carbocycles. The molecule has 3 aromatic carbocycles. The van der Waals surface area contributed by atoms with E-state index in [9.17, 15) is 13.2 Å². The summed E-state index contributed by atoms with van der Waals surface area (Å²) in [5.74, 6) is 0. The number of benzene rings is 3. The summed E-state index contributed by atoms with van der Waals surface area (Å²) >= 11 is 0. The van der Waals surface area contributed by atoms with Gasteiger partial charge in [0.2, 0.25) is 0 Å². The molecular weight excluding hydrogens is 638 g/mol. The van der Waals surface area contributed by atoms with Crippen molar-refractivity contribution in [3.05, 3.63) is 133 Å². The molecule has 0 atom stereocenters. The number of pyridine rings is 2. The summed E-state index contributed by atoms with van der Waals surface area (Å²) in [6.45, 7) is 1.90. The Kier molecular flexibility index (Phi) is 9.29. The van der Waals surface area contributed by atoms with Crippen LogP contribution in [0.1, 0.15) is 11.1 Å². The van der Waals surface area contributed by atoms with Crippen LogP contribution in [0.15, 0.2) is 109 Å². The maximum atomic E-state index is 12.3. The summed E-state index contributed by atoms with van der Waals surface area (Å²) in [5, 5.41) is 0. The normalized spacial score (nSPS) is 10.6. The second-order valence-electron chi connectivity index (χ2n) is 7.78. The number of hydrogen-bond donors (Lipinski definition) is 0. The van der Waals surface area contributed by atoms with Crippen LogP contribution >= 0.6 is 0 Å². The summed E-state index contributed by atoms with van der Waals surface area (Å²) in [5.41, 5.74) is 5.77. The molecule has 0 fully saturated rings. The van der Waals surface area contributed by atoms with Crippen LogP contribution in [0.5, 0.6) is 0 Å². The van der Waals surface area contributed by atoms with Crippen LogP contribution in [0.2, 0.25) is 0 Å². The van der Waals surface area contributed by atoms with E-state index >= 15 is 0 Å². The predicted molar refractivity (Wildman–Crippen MR) is 132 cm³/mol. The van der Waals surface area contributed by atoms with Crippen molar-refractivity contribution < 1.29 is 33.3 Å². The van der Waals surface area contributed by atoms with Gasteiger partial charge in [0, 0.05) is 32.5 Å². The minimum atomic E-state index is -4.32. The van der Waals surface area contributed by atoms with Gasteiger partial charge in [-0.3, -0.25) is 0 Å². The van der Waals surface area contributed by atoms with Crippen molar-refractivity contribution in [2.45, 2.75) is 13.1 Å². The maximum absolute atomic E-state index is 12.3. The fourth-order valence-corrected chi connectivity index (χ4v) is 3.29. The Hall–Kier alpha value is -3.60. The molecule has 0 aliphatic rings. The zero-order valence-electron chi connectivity index (χ0n) is 19.3. The molecule has 5 aromatic rings. The Morgan fingerprint density at radius 1 is 0.639 bits per heavy atom. The van der Waals surface area contributed by atoms with Crippen molar-refractivity contribution in [3.8, 4) is 33.6 Å². The summed E-state index contributed by atoms with van der Waals surface area (Å²) in [6.07, 6.45) is -0.748. The average molecular weight is 659 g/mol. The smallest absolute Gasteiger partial charge is 0.304 e. The van der Waals surface area contributed by atoms with Gasteiger partial charge in [-0.1, -0.05) is 54.6 Å². The largest absolute Gasteiger partial charge is 0.381 e. The number of rotatable bonds is 3. The first kappa shape index (κ1) is 27.0. The molecule has 0 aliphatic carbocycles. The molecule has 0 saturated heterocycles. The second-order valence-corrected chi connectivity index (χ2v) is 7.78. The fourth-order valence-electron chi connectivity index (χ4n) is 3.29. The molecule has 2 aromatic heterocycles. The first-order valence-corrected chi connectivity index (χ1v) is 10.9. The van der Waals surface area contributed by atoms with Crippen LogP contribution in [-0.4, -0.2) is 9.97 Å². The topological polar surface area (TPSA) is 25.8 Å². The standard InChI is InChI=1S/C17H12N.C13H9F3N.Ir/c1-3-7-14(8-4-1)16-11-12-17(18-13-16)15-9-5-2-6-10-15;1-9-2-7-12(17-8-9)10-3-5-11(6-4-10)13(14,15)16;/h1-9,11-13H;2-3,5-8H,1H3;/q2*-1;. The fraction of sp³-hybridized carbons (Fsp3) is 0.0667.